The first-order valence-electron chi connectivity index (χ1n) is 19.6. The van der Waals surface area contributed by atoms with Crippen molar-refractivity contribution in [3.8, 4) is 22.4 Å². The summed E-state index contributed by atoms with van der Waals surface area (Å²) in [5.41, 5.74) is 5.35. The lowest BCUT2D eigenvalue weighted by Gasteiger charge is -2.40. The van der Waals surface area contributed by atoms with Gasteiger partial charge in [0.15, 0.2) is 0 Å². The van der Waals surface area contributed by atoms with Crippen molar-refractivity contribution < 1.29 is 28.7 Å². The Morgan fingerprint density at radius 3 is 2.33 bits per heavy atom. The second-order valence-electron chi connectivity index (χ2n) is 16.2. The Bertz CT molecular complexity index is 2070. The third-order valence-corrected chi connectivity index (χ3v) is 10.4. The predicted octanol–water partition coefficient (Wildman–Crippen LogP) is 7.19. The van der Waals surface area contributed by atoms with Gasteiger partial charge in [-0.05, 0) is 94.3 Å². The highest BCUT2D eigenvalue weighted by molar-refractivity contribution is 6.04. The second kappa shape index (κ2) is 17.1. The molecular formula is C43H54N8O6. The van der Waals surface area contributed by atoms with E-state index in [0.29, 0.717) is 43.3 Å². The average Bonchev–Trinajstić information content (AvgIpc) is 3.87. The number of nitrogens with one attached hydrogen (secondary N) is 3. The summed E-state index contributed by atoms with van der Waals surface area (Å²) in [5.74, 6) is 0.952. The molecule has 4 heterocycles. The van der Waals surface area contributed by atoms with Gasteiger partial charge in [-0.15, -0.1) is 0 Å². The molecule has 3 atom stereocenters. The molecule has 14 heteroatoms. The molecule has 0 unspecified atom stereocenters. The topological polar surface area (TPSA) is 162 Å². The number of aromatic amines is 1. The maximum Gasteiger partial charge on any atom is 0.410 e. The van der Waals surface area contributed by atoms with E-state index in [1.165, 1.54) is 7.11 Å². The molecule has 2 aliphatic rings. The number of methoxy groups -OCH3 is 1. The van der Waals surface area contributed by atoms with Crippen LogP contribution < -0.4 is 15.5 Å². The second-order valence-corrected chi connectivity index (χ2v) is 16.2. The van der Waals surface area contributed by atoms with Crippen molar-refractivity contribution in [2.24, 2.45) is 5.92 Å². The number of aromatic nitrogens is 3. The van der Waals surface area contributed by atoms with Crippen LogP contribution in [0.5, 0.6) is 0 Å². The smallest absolute Gasteiger partial charge is 0.410 e. The molecule has 0 radical (unpaired) electrons. The van der Waals surface area contributed by atoms with Crippen LogP contribution in [0.15, 0.2) is 67.0 Å². The number of hydrogen-bond donors (Lipinski definition) is 3. The predicted molar refractivity (Wildman–Crippen MR) is 219 cm³/mol. The molecule has 0 spiro atoms. The largest absolute Gasteiger partial charge is 0.453 e. The monoisotopic (exact) mass is 778 g/mol. The minimum atomic E-state index is -0.693. The number of amides is 4. The summed E-state index contributed by atoms with van der Waals surface area (Å²) in [6, 6.07) is 16.7. The van der Waals surface area contributed by atoms with Crippen LogP contribution in [0.2, 0.25) is 0 Å². The maximum atomic E-state index is 13.5. The first-order chi connectivity index (χ1) is 27.1. The summed E-state index contributed by atoms with van der Waals surface area (Å²) in [6.07, 6.45) is 4.12. The number of H-pyrrole nitrogens is 1. The van der Waals surface area contributed by atoms with Crippen molar-refractivity contribution in [1.82, 2.24) is 30.1 Å². The fraction of sp³-hybridized carbons (Fsp3) is 0.442. The number of carbonyl (C=O) groups is 4. The minimum Gasteiger partial charge on any atom is -0.453 e. The number of likely N-dealkylation sites (tertiary alicyclic amines) is 1. The molecule has 2 fully saturated rings. The van der Waals surface area contributed by atoms with Gasteiger partial charge in [-0.1, -0.05) is 44.2 Å². The van der Waals surface area contributed by atoms with E-state index < -0.39 is 17.7 Å². The van der Waals surface area contributed by atoms with E-state index in [1.807, 2.05) is 103 Å². The molecule has 2 aliphatic heterocycles. The van der Waals surface area contributed by atoms with Gasteiger partial charge in [-0.2, -0.15) is 0 Å². The Hall–Kier alpha value is -5.92. The van der Waals surface area contributed by atoms with Crippen LogP contribution in [0.1, 0.15) is 82.2 Å². The lowest BCUT2D eigenvalue weighted by Crippen LogP contribution is -2.54. The molecule has 3 N–H and O–H groups in total. The Kier molecular flexibility index (Phi) is 12.2. The van der Waals surface area contributed by atoms with Crippen LogP contribution in [-0.2, 0) is 14.3 Å². The number of piperazine rings is 1. The number of aryl methyl sites for hydroxylation is 1. The van der Waals surface area contributed by atoms with E-state index in [1.54, 1.807) is 22.1 Å². The molecule has 4 aromatic rings. The van der Waals surface area contributed by atoms with Gasteiger partial charge in [-0.25, -0.2) is 19.6 Å². The van der Waals surface area contributed by atoms with Crippen LogP contribution in [0, 0.1) is 12.8 Å². The molecule has 14 nitrogen and oxygen atoms in total. The molecule has 4 amide bonds. The molecule has 2 aromatic heterocycles. The first kappa shape index (κ1) is 40.7. The summed E-state index contributed by atoms with van der Waals surface area (Å²) in [4.78, 5) is 69.7. The third-order valence-electron chi connectivity index (χ3n) is 10.4. The molecule has 6 rings (SSSR count). The van der Waals surface area contributed by atoms with Crippen molar-refractivity contribution in [1.29, 1.82) is 0 Å². The van der Waals surface area contributed by atoms with Crippen molar-refractivity contribution >= 4 is 35.5 Å². The zero-order chi connectivity index (χ0) is 41.0. The van der Waals surface area contributed by atoms with Gasteiger partial charge in [0.25, 0.3) is 5.91 Å². The van der Waals surface area contributed by atoms with Gasteiger partial charge in [0, 0.05) is 55.9 Å². The van der Waals surface area contributed by atoms with Crippen LogP contribution in [0.4, 0.5) is 21.1 Å². The number of anilines is 2. The van der Waals surface area contributed by atoms with Crippen LogP contribution in [-0.4, -0.2) is 99.7 Å². The van der Waals surface area contributed by atoms with E-state index in [-0.39, 0.29) is 35.9 Å². The first-order valence-corrected chi connectivity index (χ1v) is 19.6. The zero-order valence-corrected chi connectivity index (χ0v) is 34.1. The number of imidazole rings is 1. The minimum absolute atomic E-state index is 0.0313. The number of pyridine rings is 1. The van der Waals surface area contributed by atoms with Gasteiger partial charge in [0.1, 0.15) is 23.3 Å². The standard InChI is InChI=1S/C43H54N8O6/c1-26(2)37(48-41(54)56-8)40(53)51-19-9-10-35(51)38-45-24-34(47-38)30-13-11-29(12-14-30)33-17-16-32(22-27(33)3)46-39(52)31-15-18-36(44-23-31)50-21-20-49(25-28(50)4)42(55)57-43(5,6)7/h11-18,22-24,26,28,35,37H,9-10,19-21,25H2,1-8H3,(H,45,47)(H,46,52)(H,48,54)/t28-,35+,37+/m1/s1. The normalized spacial score (nSPS) is 17.7. The fourth-order valence-corrected chi connectivity index (χ4v) is 7.42. The molecule has 57 heavy (non-hydrogen) atoms. The molecule has 0 bridgehead atoms. The molecule has 0 aliphatic carbocycles. The maximum absolute atomic E-state index is 13.5. The average molecular weight is 779 g/mol. The molecule has 302 valence electrons. The number of carbonyl (C=O) groups excluding carboxylic acids is 4. The summed E-state index contributed by atoms with van der Waals surface area (Å²) >= 11 is 0. The van der Waals surface area contributed by atoms with Crippen LogP contribution in [0.3, 0.4) is 0 Å². The van der Waals surface area contributed by atoms with Crippen molar-refractivity contribution in [2.75, 3.05) is 43.5 Å². The molecule has 2 saturated heterocycles. The Morgan fingerprint density at radius 1 is 0.965 bits per heavy atom. The molecular weight excluding hydrogens is 725 g/mol. The van der Waals surface area contributed by atoms with Crippen molar-refractivity contribution in [3.05, 3.63) is 83.9 Å². The summed E-state index contributed by atoms with van der Waals surface area (Å²) in [5, 5.41) is 5.69. The Labute approximate surface area is 334 Å². The number of hydrogen-bond acceptors (Lipinski definition) is 9. The Morgan fingerprint density at radius 2 is 1.70 bits per heavy atom. The number of nitrogens with zero attached hydrogens (tertiary/aromatic N) is 5. The highest BCUT2D eigenvalue weighted by atomic mass is 16.6. The fourth-order valence-electron chi connectivity index (χ4n) is 7.42. The summed E-state index contributed by atoms with van der Waals surface area (Å²) in [7, 11) is 1.29. The van der Waals surface area contributed by atoms with Gasteiger partial charge < -0.3 is 39.8 Å². The molecule has 2 aromatic carbocycles. The van der Waals surface area contributed by atoms with Crippen LogP contribution >= 0.6 is 0 Å². The zero-order valence-electron chi connectivity index (χ0n) is 34.1. The highest BCUT2D eigenvalue weighted by Gasteiger charge is 2.37. The van der Waals surface area contributed by atoms with E-state index >= 15 is 0 Å². The number of benzene rings is 2. The van der Waals surface area contributed by atoms with Crippen molar-refractivity contribution in [2.45, 2.75) is 85.0 Å². The lowest BCUT2D eigenvalue weighted by molar-refractivity contribution is -0.135. The highest BCUT2D eigenvalue weighted by Crippen LogP contribution is 2.34. The number of ether oxygens (including phenoxy) is 2. The van der Waals surface area contributed by atoms with E-state index in [4.69, 9.17) is 14.5 Å². The quantitative estimate of drug-likeness (QED) is 0.160. The van der Waals surface area contributed by atoms with E-state index in [2.05, 4.69) is 25.5 Å². The van der Waals surface area contributed by atoms with Crippen LogP contribution in [0.25, 0.3) is 22.4 Å². The summed E-state index contributed by atoms with van der Waals surface area (Å²) in [6.45, 7) is 15.7. The van der Waals surface area contributed by atoms with Gasteiger partial charge >= 0.3 is 12.2 Å². The van der Waals surface area contributed by atoms with E-state index in [9.17, 15) is 19.2 Å². The van der Waals surface area contributed by atoms with Gasteiger partial charge in [0.05, 0.1) is 24.4 Å². The summed E-state index contributed by atoms with van der Waals surface area (Å²) < 4.78 is 10.3. The third kappa shape index (κ3) is 9.55. The lowest BCUT2D eigenvalue weighted by atomic mass is 9.98. The number of alkyl carbamates (subject to hydrolysis) is 1. The SMILES string of the molecule is COC(=O)N[C@H](C(=O)N1CCC[C@H]1c1nc(-c2ccc(-c3ccc(NC(=O)c4ccc(N5CCN(C(=O)OC(C)(C)C)C[C@H]5C)nc4)cc3C)cc2)c[nH]1)C(C)C. The van der Waals surface area contributed by atoms with Gasteiger partial charge in [-0.3, -0.25) is 9.59 Å². The van der Waals surface area contributed by atoms with Crippen molar-refractivity contribution in [3.63, 3.8) is 0 Å². The molecule has 0 saturated carbocycles. The number of rotatable bonds is 9. The van der Waals surface area contributed by atoms with E-state index in [0.717, 1.165) is 46.6 Å². The Balaban J connectivity index is 1.05. The van der Waals surface area contributed by atoms with Gasteiger partial charge in [0.2, 0.25) is 5.91 Å².